The van der Waals surface area contributed by atoms with Crippen LogP contribution < -0.4 is 5.32 Å². The lowest BCUT2D eigenvalue weighted by molar-refractivity contribution is -0.384. The van der Waals surface area contributed by atoms with E-state index in [1.54, 1.807) is 12.1 Å². The van der Waals surface area contributed by atoms with Gasteiger partial charge in [0.1, 0.15) is 0 Å². The summed E-state index contributed by atoms with van der Waals surface area (Å²) in [6, 6.07) is 14.2. The Balaban J connectivity index is 1.73. The van der Waals surface area contributed by atoms with Crippen LogP contribution in [0.5, 0.6) is 0 Å². The van der Waals surface area contributed by atoms with E-state index in [1.807, 2.05) is 6.07 Å². The Hall–Kier alpha value is -2.62. The first kappa shape index (κ1) is 14.9. The number of nitrogens with one attached hydrogen (secondary N) is 1. The van der Waals surface area contributed by atoms with Crippen LogP contribution in [0.25, 0.3) is 0 Å². The molecule has 2 aromatic rings. The SMILES string of the molecule is CCc1ccc([C@@H]2Nc3ccc([N+](=O)[O-])cc3[C@@H]3C=CC[C@@H]32)cc1. The van der Waals surface area contributed by atoms with Crippen molar-refractivity contribution in [3.8, 4) is 0 Å². The lowest BCUT2D eigenvalue weighted by Gasteiger charge is -2.37. The van der Waals surface area contributed by atoms with Crippen molar-refractivity contribution in [3.05, 3.63) is 81.4 Å². The molecule has 4 heteroatoms. The molecule has 1 heterocycles. The van der Waals surface area contributed by atoms with E-state index < -0.39 is 0 Å². The Kier molecular flexibility index (Phi) is 3.60. The van der Waals surface area contributed by atoms with Crippen LogP contribution in [0.1, 0.15) is 42.0 Å². The second-order valence-corrected chi connectivity index (χ2v) is 6.60. The van der Waals surface area contributed by atoms with Crippen LogP contribution in [0.2, 0.25) is 0 Å². The quantitative estimate of drug-likeness (QED) is 0.493. The summed E-state index contributed by atoms with van der Waals surface area (Å²) in [7, 11) is 0. The van der Waals surface area contributed by atoms with Gasteiger partial charge in [0, 0.05) is 23.7 Å². The number of fused-ring (bicyclic) bond motifs is 3. The number of benzene rings is 2. The smallest absolute Gasteiger partial charge is 0.269 e. The maximum atomic E-state index is 11.1. The van der Waals surface area contributed by atoms with E-state index in [0.29, 0.717) is 5.92 Å². The highest BCUT2D eigenvalue weighted by Gasteiger charge is 2.38. The van der Waals surface area contributed by atoms with E-state index in [0.717, 1.165) is 24.1 Å². The van der Waals surface area contributed by atoms with Crippen molar-refractivity contribution < 1.29 is 4.92 Å². The van der Waals surface area contributed by atoms with Crippen molar-refractivity contribution in [2.45, 2.75) is 31.7 Å². The molecule has 122 valence electrons. The highest BCUT2D eigenvalue weighted by molar-refractivity contribution is 5.62. The van der Waals surface area contributed by atoms with E-state index in [2.05, 4.69) is 48.7 Å². The fourth-order valence-corrected chi connectivity index (χ4v) is 3.99. The Labute approximate surface area is 141 Å². The summed E-state index contributed by atoms with van der Waals surface area (Å²) in [5.41, 5.74) is 4.85. The van der Waals surface area contributed by atoms with E-state index in [9.17, 15) is 10.1 Å². The molecular formula is C20H20N2O2. The zero-order valence-corrected chi connectivity index (χ0v) is 13.6. The monoisotopic (exact) mass is 320 g/mol. The van der Waals surface area contributed by atoms with Crippen molar-refractivity contribution >= 4 is 11.4 Å². The molecule has 2 aromatic carbocycles. The van der Waals surface area contributed by atoms with Crippen molar-refractivity contribution in [1.82, 2.24) is 0 Å². The first-order valence-corrected chi connectivity index (χ1v) is 8.47. The largest absolute Gasteiger partial charge is 0.378 e. The first-order chi connectivity index (χ1) is 11.7. The molecule has 0 saturated carbocycles. The highest BCUT2D eigenvalue weighted by atomic mass is 16.6. The van der Waals surface area contributed by atoms with Crippen molar-refractivity contribution in [2.24, 2.45) is 5.92 Å². The number of nitro groups is 1. The Morgan fingerprint density at radius 3 is 2.71 bits per heavy atom. The molecule has 0 fully saturated rings. The van der Waals surface area contributed by atoms with Gasteiger partial charge in [-0.3, -0.25) is 10.1 Å². The lowest BCUT2D eigenvalue weighted by Crippen LogP contribution is -2.29. The van der Waals surface area contributed by atoms with Crippen LogP contribution in [-0.2, 0) is 6.42 Å². The van der Waals surface area contributed by atoms with E-state index in [4.69, 9.17) is 0 Å². The molecule has 0 amide bonds. The van der Waals surface area contributed by atoms with Gasteiger partial charge in [-0.05, 0) is 41.5 Å². The second-order valence-electron chi connectivity index (χ2n) is 6.60. The fourth-order valence-electron chi connectivity index (χ4n) is 3.99. The molecule has 4 rings (SSSR count). The summed E-state index contributed by atoms with van der Waals surface area (Å²) in [6.45, 7) is 2.16. The van der Waals surface area contributed by atoms with Crippen LogP contribution in [-0.4, -0.2) is 4.92 Å². The molecule has 0 radical (unpaired) electrons. The third-order valence-corrected chi connectivity index (χ3v) is 5.30. The summed E-state index contributed by atoms with van der Waals surface area (Å²) in [4.78, 5) is 10.8. The van der Waals surface area contributed by atoms with Crippen LogP contribution >= 0.6 is 0 Å². The van der Waals surface area contributed by atoms with E-state index in [1.165, 1.54) is 11.1 Å². The van der Waals surface area contributed by atoms with Gasteiger partial charge < -0.3 is 5.32 Å². The number of aryl methyl sites for hydroxylation is 1. The normalized spacial score (nSPS) is 24.1. The molecule has 24 heavy (non-hydrogen) atoms. The molecule has 2 aliphatic rings. The van der Waals surface area contributed by atoms with E-state index in [-0.39, 0.29) is 22.6 Å². The second kappa shape index (κ2) is 5.78. The third-order valence-electron chi connectivity index (χ3n) is 5.30. The van der Waals surface area contributed by atoms with E-state index >= 15 is 0 Å². The van der Waals surface area contributed by atoms with Gasteiger partial charge in [-0.15, -0.1) is 0 Å². The van der Waals surface area contributed by atoms with Gasteiger partial charge in [0.25, 0.3) is 5.69 Å². The lowest BCUT2D eigenvalue weighted by atomic mass is 9.77. The minimum atomic E-state index is -0.316. The van der Waals surface area contributed by atoms with Gasteiger partial charge in [-0.1, -0.05) is 43.3 Å². The molecular weight excluding hydrogens is 300 g/mol. The standard InChI is InChI=1S/C20H20N2O2/c1-2-13-6-8-14(9-7-13)20-17-5-3-4-16(17)18-12-15(22(23)24)10-11-19(18)21-20/h3-4,6-12,16-17,20-21H,2,5H2,1H3/t16-,17+,20+/m1/s1. The van der Waals surface area contributed by atoms with Crippen LogP contribution in [0.4, 0.5) is 11.4 Å². The van der Waals surface area contributed by atoms with Gasteiger partial charge in [-0.25, -0.2) is 0 Å². The molecule has 0 unspecified atom stereocenters. The van der Waals surface area contributed by atoms with Crippen LogP contribution in [0, 0.1) is 16.0 Å². The number of non-ortho nitro benzene ring substituents is 1. The van der Waals surface area contributed by atoms with Crippen molar-refractivity contribution in [1.29, 1.82) is 0 Å². The Morgan fingerprint density at radius 1 is 1.21 bits per heavy atom. The summed E-state index contributed by atoms with van der Waals surface area (Å²) >= 11 is 0. The summed E-state index contributed by atoms with van der Waals surface area (Å²) in [5.74, 6) is 0.656. The van der Waals surface area contributed by atoms with Gasteiger partial charge in [-0.2, -0.15) is 0 Å². The number of allylic oxidation sites excluding steroid dienone is 2. The molecule has 0 saturated heterocycles. The summed E-state index contributed by atoms with van der Waals surface area (Å²) in [5, 5.41) is 14.7. The summed E-state index contributed by atoms with van der Waals surface area (Å²) < 4.78 is 0. The average molecular weight is 320 g/mol. The number of rotatable bonds is 3. The van der Waals surface area contributed by atoms with Gasteiger partial charge in [0.2, 0.25) is 0 Å². The molecule has 3 atom stereocenters. The van der Waals surface area contributed by atoms with Crippen molar-refractivity contribution in [3.63, 3.8) is 0 Å². The maximum absolute atomic E-state index is 11.1. The third kappa shape index (κ3) is 2.39. The topological polar surface area (TPSA) is 55.2 Å². The number of nitrogens with zero attached hydrogens (tertiary/aromatic N) is 1. The molecule has 4 nitrogen and oxygen atoms in total. The van der Waals surface area contributed by atoms with Gasteiger partial charge >= 0.3 is 0 Å². The van der Waals surface area contributed by atoms with Gasteiger partial charge in [0.15, 0.2) is 0 Å². The molecule has 0 aromatic heterocycles. The fraction of sp³-hybridized carbons (Fsp3) is 0.300. The molecule has 1 N–H and O–H groups in total. The number of nitro benzene ring substituents is 1. The molecule has 1 aliphatic heterocycles. The predicted molar refractivity (Wildman–Crippen MR) is 95.3 cm³/mol. The minimum Gasteiger partial charge on any atom is -0.378 e. The first-order valence-electron chi connectivity index (χ1n) is 8.47. The van der Waals surface area contributed by atoms with Crippen LogP contribution in [0.15, 0.2) is 54.6 Å². The van der Waals surface area contributed by atoms with Crippen LogP contribution in [0.3, 0.4) is 0 Å². The highest BCUT2D eigenvalue weighted by Crippen LogP contribution is 2.50. The zero-order valence-electron chi connectivity index (χ0n) is 13.6. The maximum Gasteiger partial charge on any atom is 0.269 e. The minimum absolute atomic E-state index is 0.167. The molecule has 1 aliphatic carbocycles. The molecule has 0 spiro atoms. The van der Waals surface area contributed by atoms with Crippen molar-refractivity contribution in [2.75, 3.05) is 5.32 Å². The number of hydrogen-bond acceptors (Lipinski definition) is 3. The van der Waals surface area contributed by atoms with Gasteiger partial charge in [0.05, 0.1) is 11.0 Å². The zero-order chi connectivity index (χ0) is 16.7. The Bertz CT molecular complexity index is 811. The predicted octanol–water partition coefficient (Wildman–Crippen LogP) is 4.98. The Morgan fingerprint density at radius 2 is 2.00 bits per heavy atom. The average Bonchev–Trinajstić information content (AvgIpc) is 3.10. The number of hydrogen-bond donors (Lipinski definition) is 1. The number of anilines is 1. The summed E-state index contributed by atoms with van der Waals surface area (Å²) in [6.07, 6.45) is 6.46. The molecule has 0 bridgehead atoms.